The Labute approximate surface area is 123 Å². The molecule has 2 rings (SSSR count). The standard InChI is InChI=1S/C15H16ClN3O/c1-19(2)14-8-5-11(17)9-13(14)15(20)18-12-6-3-10(16)4-7-12/h3-9H,17H2,1-2H3,(H,18,20). The molecule has 0 saturated carbocycles. The number of nitrogens with two attached hydrogens (primary N) is 1. The molecular weight excluding hydrogens is 274 g/mol. The van der Waals surface area contributed by atoms with Crippen molar-refractivity contribution in [1.29, 1.82) is 0 Å². The first kappa shape index (κ1) is 14.2. The minimum absolute atomic E-state index is 0.205. The van der Waals surface area contributed by atoms with Gasteiger partial charge in [-0.25, -0.2) is 0 Å². The van der Waals surface area contributed by atoms with Crippen LogP contribution in [0.15, 0.2) is 42.5 Å². The summed E-state index contributed by atoms with van der Waals surface area (Å²) in [5.74, 6) is -0.205. The number of anilines is 3. The van der Waals surface area contributed by atoms with E-state index in [9.17, 15) is 4.79 Å². The third kappa shape index (κ3) is 3.22. The number of benzene rings is 2. The molecule has 3 N–H and O–H groups in total. The number of carbonyl (C=O) groups excluding carboxylic acids is 1. The second kappa shape index (κ2) is 5.84. The number of nitrogen functional groups attached to an aromatic ring is 1. The van der Waals surface area contributed by atoms with Crippen LogP contribution in [0.2, 0.25) is 5.02 Å². The van der Waals surface area contributed by atoms with Crippen LogP contribution in [0.25, 0.3) is 0 Å². The number of amides is 1. The molecule has 0 bridgehead atoms. The second-order valence-corrected chi connectivity index (χ2v) is 5.07. The van der Waals surface area contributed by atoms with Crippen molar-refractivity contribution in [3.8, 4) is 0 Å². The molecule has 0 unspecified atom stereocenters. The van der Waals surface area contributed by atoms with Crippen LogP contribution in [-0.2, 0) is 0 Å². The zero-order valence-electron chi connectivity index (χ0n) is 11.4. The molecule has 0 saturated heterocycles. The van der Waals surface area contributed by atoms with E-state index in [1.165, 1.54) is 0 Å². The highest BCUT2D eigenvalue weighted by molar-refractivity contribution is 6.30. The van der Waals surface area contributed by atoms with Gasteiger partial charge in [0, 0.05) is 36.2 Å². The largest absolute Gasteiger partial charge is 0.399 e. The summed E-state index contributed by atoms with van der Waals surface area (Å²) in [5.41, 5.74) is 8.35. The fourth-order valence-corrected chi connectivity index (χ4v) is 1.98. The summed E-state index contributed by atoms with van der Waals surface area (Å²) in [5, 5.41) is 3.45. The molecule has 0 aromatic heterocycles. The summed E-state index contributed by atoms with van der Waals surface area (Å²) in [6.07, 6.45) is 0. The van der Waals surface area contributed by atoms with Gasteiger partial charge in [0.2, 0.25) is 0 Å². The molecule has 0 atom stereocenters. The van der Waals surface area contributed by atoms with Gasteiger partial charge in [0.25, 0.3) is 5.91 Å². The number of hydrogen-bond donors (Lipinski definition) is 2. The first-order valence-electron chi connectivity index (χ1n) is 6.11. The van der Waals surface area contributed by atoms with E-state index in [0.717, 1.165) is 5.69 Å². The number of nitrogens with zero attached hydrogens (tertiary/aromatic N) is 1. The Hall–Kier alpha value is -2.20. The lowest BCUT2D eigenvalue weighted by molar-refractivity contribution is 0.102. The van der Waals surface area contributed by atoms with Gasteiger partial charge in [0.15, 0.2) is 0 Å². The van der Waals surface area contributed by atoms with Crippen molar-refractivity contribution in [3.63, 3.8) is 0 Å². The second-order valence-electron chi connectivity index (χ2n) is 4.63. The number of carbonyl (C=O) groups is 1. The Morgan fingerprint density at radius 3 is 2.40 bits per heavy atom. The molecule has 0 aliphatic heterocycles. The molecule has 0 aliphatic rings. The topological polar surface area (TPSA) is 58.4 Å². The highest BCUT2D eigenvalue weighted by atomic mass is 35.5. The van der Waals surface area contributed by atoms with E-state index >= 15 is 0 Å². The van der Waals surface area contributed by atoms with Gasteiger partial charge in [-0.2, -0.15) is 0 Å². The number of nitrogens with one attached hydrogen (secondary N) is 1. The number of halogens is 1. The summed E-state index contributed by atoms with van der Waals surface area (Å²) >= 11 is 5.82. The third-order valence-corrected chi connectivity index (χ3v) is 3.10. The predicted octanol–water partition coefficient (Wildman–Crippen LogP) is 3.24. The maximum atomic E-state index is 12.4. The van der Waals surface area contributed by atoms with E-state index in [4.69, 9.17) is 17.3 Å². The van der Waals surface area contributed by atoms with Crippen molar-refractivity contribution in [2.45, 2.75) is 0 Å². The molecule has 2 aromatic carbocycles. The summed E-state index contributed by atoms with van der Waals surface area (Å²) < 4.78 is 0. The van der Waals surface area contributed by atoms with Crippen molar-refractivity contribution in [2.24, 2.45) is 0 Å². The zero-order chi connectivity index (χ0) is 14.7. The summed E-state index contributed by atoms with van der Waals surface area (Å²) in [6.45, 7) is 0. The Balaban J connectivity index is 2.28. The lowest BCUT2D eigenvalue weighted by Gasteiger charge is -2.17. The molecule has 0 radical (unpaired) electrons. The van der Waals surface area contributed by atoms with Crippen LogP contribution in [0.1, 0.15) is 10.4 Å². The van der Waals surface area contributed by atoms with Gasteiger partial charge >= 0.3 is 0 Å². The Kier molecular flexibility index (Phi) is 4.15. The first-order chi connectivity index (χ1) is 9.47. The normalized spacial score (nSPS) is 10.2. The predicted molar refractivity (Wildman–Crippen MR) is 84.6 cm³/mol. The van der Waals surface area contributed by atoms with E-state index in [1.54, 1.807) is 36.4 Å². The molecule has 104 valence electrons. The van der Waals surface area contributed by atoms with Gasteiger partial charge in [-0.1, -0.05) is 11.6 Å². The van der Waals surface area contributed by atoms with Crippen LogP contribution in [0.4, 0.5) is 17.1 Å². The van der Waals surface area contributed by atoms with Crippen LogP contribution >= 0.6 is 11.6 Å². The molecule has 0 spiro atoms. The Morgan fingerprint density at radius 2 is 1.80 bits per heavy atom. The fraction of sp³-hybridized carbons (Fsp3) is 0.133. The van der Waals surface area contributed by atoms with Crippen molar-refractivity contribution < 1.29 is 4.79 Å². The molecule has 5 heteroatoms. The number of rotatable bonds is 3. The van der Waals surface area contributed by atoms with E-state index in [-0.39, 0.29) is 5.91 Å². The molecular formula is C15H16ClN3O. The van der Waals surface area contributed by atoms with Crippen LogP contribution < -0.4 is 16.0 Å². The van der Waals surface area contributed by atoms with Crippen molar-refractivity contribution >= 4 is 34.6 Å². The average Bonchev–Trinajstić information content (AvgIpc) is 2.41. The minimum atomic E-state index is -0.205. The highest BCUT2D eigenvalue weighted by Crippen LogP contribution is 2.23. The van der Waals surface area contributed by atoms with Gasteiger partial charge in [-0.05, 0) is 42.5 Å². The maximum absolute atomic E-state index is 12.4. The van der Waals surface area contributed by atoms with Gasteiger partial charge in [0.1, 0.15) is 0 Å². The molecule has 4 nitrogen and oxygen atoms in total. The van der Waals surface area contributed by atoms with Crippen LogP contribution in [0.3, 0.4) is 0 Å². The highest BCUT2D eigenvalue weighted by Gasteiger charge is 2.13. The van der Waals surface area contributed by atoms with Crippen LogP contribution in [0, 0.1) is 0 Å². The molecule has 2 aromatic rings. The van der Waals surface area contributed by atoms with Crippen molar-refractivity contribution in [1.82, 2.24) is 0 Å². The van der Waals surface area contributed by atoms with E-state index in [0.29, 0.717) is 22.0 Å². The van der Waals surface area contributed by atoms with Gasteiger partial charge < -0.3 is 16.0 Å². The molecule has 0 heterocycles. The fourth-order valence-electron chi connectivity index (χ4n) is 1.86. The summed E-state index contributed by atoms with van der Waals surface area (Å²) in [4.78, 5) is 14.2. The molecule has 1 amide bonds. The summed E-state index contributed by atoms with van der Waals surface area (Å²) in [6, 6.07) is 12.2. The molecule has 0 aliphatic carbocycles. The Bertz CT molecular complexity index is 624. The van der Waals surface area contributed by atoms with Gasteiger partial charge in [-0.3, -0.25) is 4.79 Å². The van der Waals surface area contributed by atoms with E-state index in [1.807, 2.05) is 25.1 Å². The first-order valence-corrected chi connectivity index (χ1v) is 6.49. The Morgan fingerprint density at radius 1 is 1.15 bits per heavy atom. The zero-order valence-corrected chi connectivity index (χ0v) is 12.1. The SMILES string of the molecule is CN(C)c1ccc(N)cc1C(=O)Nc1ccc(Cl)cc1. The quantitative estimate of drug-likeness (QED) is 0.853. The lowest BCUT2D eigenvalue weighted by atomic mass is 10.1. The van der Waals surface area contributed by atoms with Gasteiger partial charge in [0.05, 0.1) is 5.56 Å². The van der Waals surface area contributed by atoms with Gasteiger partial charge in [-0.15, -0.1) is 0 Å². The van der Waals surface area contributed by atoms with Crippen LogP contribution in [-0.4, -0.2) is 20.0 Å². The van der Waals surface area contributed by atoms with E-state index < -0.39 is 0 Å². The van der Waals surface area contributed by atoms with Crippen molar-refractivity contribution in [2.75, 3.05) is 30.0 Å². The maximum Gasteiger partial charge on any atom is 0.257 e. The molecule has 20 heavy (non-hydrogen) atoms. The lowest BCUT2D eigenvalue weighted by Crippen LogP contribution is -2.18. The van der Waals surface area contributed by atoms with E-state index in [2.05, 4.69) is 5.32 Å². The average molecular weight is 290 g/mol. The van der Waals surface area contributed by atoms with Crippen LogP contribution in [0.5, 0.6) is 0 Å². The van der Waals surface area contributed by atoms with Crippen molar-refractivity contribution in [3.05, 3.63) is 53.1 Å². The minimum Gasteiger partial charge on any atom is -0.399 e. The third-order valence-electron chi connectivity index (χ3n) is 2.85. The summed E-state index contributed by atoms with van der Waals surface area (Å²) in [7, 11) is 3.76. The monoisotopic (exact) mass is 289 g/mol. The smallest absolute Gasteiger partial charge is 0.257 e. The molecule has 0 fully saturated rings. The number of hydrogen-bond acceptors (Lipinski definition) is 3.